The van der Waals surface area contributed by atoms with Gasteiger partial charge in [-0.2, -0.15) is 0 Å². The summed E-state index contributed by atoms with van der Waals surface area (Å²) in [4.78, 5) is 13.2. The average molecular weight is 281 g/mol. The first-order valence-electron chi connectivity index (χ1n) is 6.59. The number of likely N-dealkylation sites (N-methyl/N-ethyl adjacent to an activating group) is 1. The van der Waals surface area contributed by atoms with Crippen molar-refractivity contribution in [2.75, 3.05) is 20.2 Å². The zero-order valence-corrected chi connectivity index (χ0v) is 12.5. The Labute approximate surface area is 120 Å². The van der Waals surface area contributed by atoms with Crippen LogP contribution in [0.1, 0.15) is 26.3 Å². The summed E-state index contributed by atoms with van der Waals surface area (Å²) in [6, 6.07) is 7.27. The van der Waals surface area contributed by atoms with Crippen molar-refractivity contribution in [3.63, 3.8) is 0 Å². The van der Waals surface area contributed by atoms with E-state index in [-0.39, 0.29) is 12.7 Å². The van der Waals surface area contributed by atoms with Crippen molar-refractivity contribution in [2.45, 2.75) is 33.0 Å². The molecule has 0 saturated heterocycles. The number of aliphatic hydroxyl groups is 1. The number of rotatable bonds is 5. The van der Waals surface area contributed by atoms with E-state index in [2.05, 4.69) is 0 Å². The molecule has 0 aliphatic rings. The molecule has 0 radical (unpaired) electrons. The number of hydrogen-bond donors (Lipinski definition) is 1. The van der Waals surface area contributed by atoms with Crippen molar-refractivity contribution in [1.82, 2.24) is 4.90 Å². The van der Waals surface area contributed by atoms with E-state index in [1.165, 1.54) is 4.90 Å². The molecule has 1 rings (SSSR count). The number of nitrogens with zero attached hydrogens (tertiary/aromatic N) is 1. The van der Waals surface area contributed by atoms with E-state index < -0.39 is 5.60 Å². The van der Waals surface area contributed by atoms with E-state index in [0.717, 1.165) is 5.56 Å². The molecule has 0 spiro atoms. The maximum atomic E-state index is 11.7. The highest BCUT2D eigenvalue weighted by molar-refractivity contribution is 5.67. The summed E-state index contributed by atoms with van der Waals surface area (Å²) >= 11 is 0. The largest absolute Gasteiger partial charge is 0.491 e. The standard InChI is InChI=1S/C15H23NO4/c1-15(2,3)20-14(18)16(4)9-10-19-13-8-6-5-7-12(13)11-17/h5-8,17H,9-11H2,1-4H3. The molecular weight excluding hydrogens is 258 g/mol. The Bertz CT molecular complexity index is 440. The van der Waals surface area contributed by atoms with Crippen LogP contribution in [0.3, 0.4) is 0 Å². The van der Waals surface area contributed by atoms with Crippen molar-refractivity contribution in [2.24, 2.45) is 0 Å². The van der Waals surface area contributed by atoms with Crippen LogP contribution in [0.15, 0.2) is 24.3 Å². The number of benzene rings is 1. The zero-order valence-electron chi connectivity index (χ0n) is 12.5. The van der Waals surface area contributed by atoms with Crippen molar-refractivity contribution in [3.05, 3.63) is 29.8 Å². The summed E-state index contributed by atoms with van der Waals surface area (Å²) in [7, 11) is 1.66. The van der Waals surface area contributed by atoms with Crippen LogP contribution in [0.25, 0.3) is 0 Å². The van der Waals surface area contributed by atoms with Gasteiger partial charge in [0.15, 0.2) is 0 Å². The number of para-hydroxylation sites is 1. The number of aliphatic hydroxyl groups excluding tert-OH is 1. The lowest BCUT2D eigenvalue weighted by Gasteiger charge is -2.24. The second-order valence-electron chi connectivity index (χ2n) is 5.52. The topological polar surface area (TPSA) is 59.0 Å². The van der Waals surface area contributed by atoms with Gasteiger partial charge in [-0.05, 0) is 26.8 Å². The number of carbonyl (C=O) groups excluding carboxylic acids is 1. The number of amides is 1. The summed E-state index contributed by atoms with van der Waals surface area (Å²) in [5, 5.41) is 9.18. The van der Waals surface area contributed by atoms with Crippen molar-refractivity contribution in [1.29, 1.82) is 0 Å². The van der Waals surface area contributed by atoms with E-state index in [1.807, 2.05) is 32.9 Å². The van der Waals surface area contributed by atoms with E-state index >= 15 is 0 Å². The van der Waals surface area contributed by atoms with Crippen molar-refractivity contribution < 1.29 is 19.4 Å². The fourth-order valence-electron chi connectivity index (χ4n) is 1.50. The van der Waals surface area contributed by atoms with Crippen LogP contribution < -0.4 is 4.74 Å². The maximum absolute atomic E-state index is 11.7. The lowest BCUT2D eigenvalue weighted by molar-refractivity contribution is 0.0278. The van der Waals surface area contributed by atoms with Gasteiger partial charge in [-0.25, -0.2) is 4.79 Å². The first-order valence-corrected chi connectivity index (χ1v) is 6.59. The molecule has 0 atom stereocenters. The molecule has 0 aliphatic heterocycles. The summed E-state index contributed by atoms with van der Waals surface area (Å²) in [5.41, 5.74) is 0.225. The second kappa shape index (κ2) is 7.14. The van der Waals surface area contributed by atoms with Crippen LogP contribution in [0.5, 0.6) is 5.75 Å². The third-order valence-corrected chi connectivity index (χ3v) is 2.53. The predicted molar refractivity (Wildman–Crippen MR) is 76.7 cm³/mol. The molecule has 112 valence electrons. The van der Waals surface area contributed by atoms with Crippen molar-refractivity contribution >= 4 is 6.09 Å². The Balaban J connectivity index is 2.42. The van der Waals surface area contributed by atoms with Gasteiger partial charge >= 0.3 is 6.09 Å². The quantitative estimate of drug-likeness (QED) is 0.900. The Kier molecular flexibility index (Phi) is 5.82. The molecule has 0 heterocycles. The minimum atomic E-state index is -0.504. The number of ether oxygens (including phenoxy) is 2. The predicted octanol–water partition coefficient (Wildman–Crippen LogP) is 2.42. The molecule has 5 nitrogen and oxygen atoms in total. The van der Waals surface area contributed by atoms with Crippen molar-refractivity contribution in [3.8, 4) is 5.75 Å². The Morgan fingerprint density at radius 3 is 2.55 bits per heavy atom. The second-order valence-corrected chi connectivity index (χ2v) is 5.52. The third-order valence-electron chi connectivity index (χ3n) is 2.53. The number of hydrogen-bond acceptors (Lipinski definition) is 4. The average Bonchev–Trinajstić information content (AvgIpc) is 2.37. The molecule has 0 fully saturated rings. The first kappa shape index (κ1) is 16.3. The SMILES string of the molecule is CN(CCOc1ccccc1CO)C(=O)OC(C)(C)C. The molecule has 5 heteroatoms. The highest BCUT2D eigenvalue weighted by Gasteiger charge is 2.19. The van der Waals surface area contributed by atoms with E-state index in [1.54, 1.807) is 19.2 Å². The smallest absolute Gasteiger partial charge is 0.410 e. The molecule has 0 bridgehead atoms. The molecule has 0 aromatic heterocycles. The van der Waals surface area contributed by atoms with Gasteiger partial charge in [0.05, 0.1) is 13.2 Å². The van der Waals surface area contributed by atoms with Crippen LogP contribution >= 0.6 is 0 Å². The van der Waals surface area contributed by atoms with Crippen LogP contribution in [0, 0.1) is 0 Å². The third kappa shape index (κ3) is 5.48. The summed E-state index contributed by atoms with van der Waals surface area (Å²) < 4.78 is 10.8. The van der Waals surface area contributed by atoms with Crippen LogP contribution in [0.2, 0.25) is 0 Å². The lowest BCUT2D eigenvalue weighted by atomic mass is 10.2. The Morgan fingerprint density at radius 1 is 1.30 bits per heavy atom. The molecule has 1 aromatic rings. The van der Waals surface area contributed by atoms with E-state index in [9.17, 15) is 9.90 Å². The van der Waals surface area contributed by atoms with Gasteiger partial charge in [0.2, 0.25) is 0 Å². The molecule has 1 N–H and O–H groups in total. The highest BCUT2D eigenvalue weighted by atomic mass is 16.6. The van der Waals surface area contributed by atoms with Crippen LogP contribution in [-0.4, -0.2) is 41.9 Å². The van der Waals surface area contributed by atoms with Gasteiger partial charge < -0.3 is 19.5 Å². The molecular formula is C15H23NO4. The monoisotopic (exact) mass is 281 g/mol. The molecule has 1 aromatic carbocycles. The van der Waals surface area contributed by atoms with Gasteiger partial charge in [-0.15, -0.1) is 0 Å². The summed E-state index contributed by atoms with van der Waals surface area (Å²) in [5.74, 6) is 0.632. The van der Waals surface area contributed by atoms with Crippen LogP contribution in [0.4, 0.5) is 4.79 Å². The normalized spacial score (nSPS) is 11.1. The zero-order chi connectivity index (χ0) is 15.2. The minimum absolute atomic E-state index is 0.0714. The highest BCUT2D eigenvalue weighted by Crippen LogP contribution is 2.17. The fourth-order valence-corrected chi connectivity index (χ4v) is 1.50. The molecule has 1 amide bonds. The molecule has 0 saturated carbocycles. The summed E-state index contributed by atoms with van der Waals surface area (Å²) in [6.07, 6.45) is -0.378. The summed E-state index contributed by atoms with van der Waals surface area (Å²) in [6.45, 7) is 6.16. The molecule has 0 aliphatic carbocycles. The number of carbonyl (C=O) groups is 1. The fraction of sp³-hybridized carbons (Fsp3) is 0.533. The molecule has 0 unspecified atom stereocenters. The van der Waals surface area contributed by atoms with Crippen LogP contribution in [-0.2, 0) is 11.3 Å². The van der Waals surface area contributed by atoms with Gasteiger partial charge in [0.25, 0.3) is 0 Å². The van der Waals surface area contributed by atoms with E-state index in [0.29, 0.717) is 18.9 Å². The van der Waals surface area contributed by atoms with Gasteiger partial charge in [0, 0.05) is 12.6 Å². The minimum Gasteiger partial charge on any atom is -0.491 e. The van der Waals surface area contributed by atoms with E-state index in [4.69, 9.17) is 9.47 Å². The van der Waals surface area contributed by atoms with Gasteiger partial charge in [0.1, 0.15) is 18.0 Å². The first-order chi connectivity index (χ1) is 9.33. The van der Waals surface area contributed by atoms with Gasteiger partial charge in [-0.3, -0.25) is 0 Å². The Morgan fingerprint density at radius 2 is 1.95 bits per heavy atom. The Hall–Kier alpha value is -1.75. The lowest BCUT2D eigenvalue weighted by Crippen LogP contribution is -2.36. The molecule has 20 heavy (non-hydrogen) atoms. The maximum Gasteiger partial charge on any atom is 0.410 e. The van der Waals surface area contributed by atoms with Gasteiger partial charge in [-0.1, -0.05) is 18.2 Å².